The van der Waals surface area contributed by atoms with Gasteiger partial charge in [-0.25, -0.2) is 9.78 Å². The molecule has 0 aliphatic heterocycles. The molecule has 100 valence electrons. The lowest BCUT2D eigenvalue weighted by atomic mass is 10.2. The number of nitrogens with one attached hydrogen (secondary N) is 1. The van der Waals surface area contributed by atoms with Crippen LogP contribution in [0.2, 0.25) is 0 Å². The zero-order valence-corrected chi connectivity index (χ0v) is 10.4. The molecular formula is C12H14N4O3. The van der Waals surface area contributed by atoms with Gasteiger partial charge in [-0.3, -0.25) is 4.68 Å². The summed E-state index contributed by atoms with van der Waals surface area (Å²) in [5, 5.41) is 16.0. The Morgan fingerprint density at radius 3 is 3.16 bits per heavy atom. The lowest BCUT2D eigenvalue weighted by Gasteiger charge is -2.03. The minimum atomic E-state index is -0.985. The van der Waals surface area contributed by atoms with Crippen LogP contribution in [0, 0.1) is 0 Å². The molecule has 2 aromatic rings. The van der Waals surface area contributed by atoms with E-state index in [1.165, 1.54) is 18.3 Å². The second-order valence-corrected chi connectivity index (χ2v) is 3.84. The van der Waals surface area contributed by atoms with E-state index < -0.39 is 5.97 Å². The van der Waals surface area contributed by atoms with E-state index in [1.807, 2.05) is 0 Å². The number of hydrogen-bond donors (Lipinski definition) is 2. The largest absolute Gasteiger partial charge is 0.478 e. The molecular weight excluding hydrogens is 248 g/mol. The molecule has 0 unspecified atom stereocenters. The van der Waals surface area contributed by atoms with E-state index >= 15 is 0 Å². The third kappa shape index (κ3) is 3.52. The molecule has 0 bridgehead atoms. The number of anilines is 2. The highest BCUT2D eigenvalue weighted by atomic mass is 16.5. The molecule has 2 heterocycles. The molecule has 0 spiro atoms. The fraction of sp³-hybridized carbons (Fsp3) is 0.250. The van der Waals surface area contributed by atoms with Crippen molar-refractivity contribution in [2.24, 2.45) is 0 Å². The number of nitrogens with zero attached hydrogens (tertiary/aromatic N) is 3. The van der Waals surface area contributed by atoms with Gasteiger partial charge in [0.2, 0.25) is 0 Å². The van der Waals surface area contributed by atoms with Crippen molar-refractivity contribution in [2.75, 3.05) is 19.0 Å². The van der Waals surface area contributed by atoms with E-state index in [1.54, 1.807) is 24.2 Å². The summed E-state index contributed by atoms with van der Waals surface area (Å²) in [6.45, 7) is 1.23. The molecule has 0 amide bonds. The molecule has 0 aliphatic carbocycles. The van der Waals surface area contributed by atoms with E-state index in [-0.39, 0.29) is 5.56 Å². The minimum absolute atomic E-state index is 0.185. The molecule has 0 aliphatic rings. The molecule has 0 aromatic carbocycles. The van der Waals surface area contributed by atoms with Gasteiger partial charge in [-0.1, -0.05) is 0 Å². The summed E-state index contributed by atoms with van der Waals surface area (Å²) < 4.78 is 6.69. The number of carbonyl (C=O) groups is 1. The number of ether oxygens (including phenoxy) is 1. The van der Waals surface area contributed by atoms with E-state index in [4.69, 9.17) is 9.84 Å². The Labute approximate surface area is 109 Å². The Hall–Kier alpha value is -2.41. The maximum absolute atomic E-state index is 10.8. The fourth-order valence-corrected chi connectivity index (χ4v) is 1.52. The molecule has 0 radical (unpaired) electrons. The quantitative estimate of drug-likeness (QED) is 0.817. The first-order valence-corrected chi connectivity index (χ1v) is 5.67. The third-order valence-electron chi connectivity index (χ3n) is 2.44. The van der Waals surface area contributed by atoms with Crippen molar-refractivity contribution in [2.45, 2.75) is 6.54 Å². The highest BCUT2D eigenvalue weighted by molar-refractivity contribution is 5.88. The van der Waals surface area contributed by atoms with E-state index in [2.05, 4.69) is 15.4 Å². The zero-order valence-electron chi connectivity index (χ0n) is 10.4. The third-order valence-corrected chi connectivity index (χ3v) is 2.44. The maximum atomic E-state index is 10.8. The number of aromatic carboxylic acids is 1. The second kappa shape index (κ2) is 5.96. The lowest BCUT2D eigenvalue weighted by Crippen LogP contribution is -2.04. The first kappa shape index (κ1) is 13.0. The Bertz CT molecular complexity index is 568. The maximum Gasteiger partial charge on any atom is 0.335 e. The van der Waals surface area contributed by atoms with Crippen LogP contribution in [0.4, 0.5) is 11.5 Å². The van der Waals surface area contributed by atoms with E-state index in [0.717, 1.165) is 5.69 Å². The zero-order chi connectivity index (χ0) is 13.7. The summed E-state index contributed by atoms with van der Waals surface area (Å²) in [4.78, 5) is 14.9. The van der Waals surface area contributed by atoms with Gasteiger partial charge in [-0.2, -0.15) is 5.10 Å². The average Bonchev–Trinajstić information content (AvgIpc) is 2.84. The second-order valence-electron chi connectivity index (χ2n) is 3.84. The predicted molar refractivity (Wildman–Crippen MR) is 68.6 cm³/mol. The molecule has 2 N–H and O–H groups in total. The molecule has 0 saturated carbocycles. The van der Waals surface area contributed by atoms with Gasteiger partial charge in [0.1, 0.15) is 5.82 Å². The van der Waals surface area contributed by atoms with Gasteiger partial charge in [-0.15, -0.1) is 0 Å². The molecule has 0 atom stereocenters. The van der Waals surface area contributed by atoms with Gasteiger partial charge in [0, 0.05) is 19.5 Å². The van der Waals surface area contributed by atoms with Crippen LogP contribution >= 0.6 is 0 Å². The molecule has 19 heavy (non-hydrogen) atoms. The van der Waals surface area contributed by atoms with Crippen molar-refractivity contribution in [1.82, 2.24) is 14.8 Å². The molecule has 7 nitrogen and oxygen atoms in total. The van der Waals surface area contributed by atoms with Gasteiger partial charge >= 0.3 is 5.97 Å². The van der Waals surface area contributed by atoms with Crippen LogP contribution in [0.5, 0.6) is 0 Å². The summed E-state index contributed by atoms with van der Waals surface area (Å²) >= 11 is 0. The number of hydrogen-bond acceptors (Lipinski definition) is 5. The Morgan fingerprint density at radius 1 is 1.58 bits per heavy atom. The van der Waals surface area contributed by atoms with Gasteiger partial charge in [0.15, 0.2) is 0 Å². The van der Waals surface area contributed by atoms with Gasteiger partial charge in [0.25, 0.3) is 0 Å². The van der Waals surface area contributed by atoms with Crippen molar-refractivity contribution in [1.29, 1.82) is 0 Å². The number of rotatable bonds is 6. The molecule has 0 saturated heterocycles. The first-order chi connectivity index (χ1) is 9.19. The predicted octanol–water partition coefficient (Wildman–Crippen LogP) is 1.37. The van der Waals surface area contributed by atoms with Crippen molar-refractivity contribution >= 4 is 17.5 Å². The minimum Gasteiger partial charge on any atom is -0.478 e. The van der Waals surface area contributed by atoms with Crippen molar-refractivity contribution in [3.8, 4) is 0 Å². The number of aromatic nitrogens is 3. The fourth-order valence-electron chi connectivity index (χ4n) is 1.52. The Morgan fingerprint density at radius 2 is 2.42 bits per heavy atom. The van der Waals surface area contributed by atoms with Gasteiger partial charge in [-0.05, 0) is 12.1 Å². The van der Waals surface area contributed by atoms with Gasteiger partial charge < -0.3 is 15.2 Å². The van der Waals surface area contributed by atoms with E-state index in [9.17, 15) is 4.79 Å². The monoisotopic (exact) mass is 262 g/mol. The normalized spacial score (nSPS) is 10.4. The molecule has 2 rings (SSSR count). The Balaban J connectivity index is 2.06. The average molecular weight is 262 g/mol. The Kier molecular flexibility index (Phi) is 4.09. The first-order valence-electron chi connectivity index (χ1n) is 5.67. The lowest BCUT2D eigenvalue weighted by molar-refractivity contribution is 0.0697. The molecule has 7 heteroatoms. The van der Waals surface area contributed by atoms with Crippen LogP contribution < -0.4 is 5.32 Å². The molecule has 2 aromatic heterocycles. The van der Waals surface area contributed by atoms with Crippen molar-refractivity contribution in [3.05, 3.63) is 36.3 Å². The van der Waals surface area contributed by atoms with Crippen LogP contribution in [-0.2, 0) is 11.3 Å². The highest BCUT2D eigenvalue weighted by Crippen LogP contribution is 2.14. The van der Waals surface area contributed by atoms with Crippen LogP contribution in [0.1, 0.15) is 10.4 Å². The van der Waals surface area contributed by atoms with Crippen LogP contribution in [0.3, 0.4) is 0 Å². The summed E-state index contributed by atoms with van der Waals surface area (Å²) in [6, 6.07) is 2.91. The number of carboxylic acids is 1. The summed E-state index contributed by atoms with van der Waals surface area (Å²) in [7, 11) is 1.63. The summed E-state index contributed by atoms with van der Waals surface area (Å²) in [5.74, 6) is -0.521. The SMILES string of the molecule is COCCn1cc(Nc2cc(C(=O)O)ccn2)cn1. The van der Waals surface area contributed by atoms with Crippen LogP contribution in [0.25, 0.3) is 0 Å². The topological polar surface area (TPSA) is 89.3 Å². The van der Waals surface area contributed by atoms with Gasteiger partial charge in [0.05, 0.1) is 30.6 Å². The number of carboxylic acid groups (broad SMARTS) is 1. The smallest absolute Gasteiger partial charge is 0.335 e. The van der Waals surface area contributed by atoms with Crippen molar-refractivity contribution in [3.63, 3.8) is 0 Å². The number of methoxy groups -OCH3 is 1. The van der Waals surface area contributed by atoms with Crippen LogP contribution in [-0.4, -0.2) is 39.6 Å². The summed E-state index contributed by atoms with van der Waals surface area (Å²) in [5.41, 5.74) is 0.926. The summed E-state index contributed by atoms with van der Waals surface area (Å²) in [6.07, 6.45) is 4.89. The number of pyridine rings is 1. The van der Waals surface area contributed by atoms with Crippen molar-refractivity contribution < 1.29 is 14.6 Å². The van der Waals surface area contributed by atoms with Crippen LogP contribution in [0.15, 0.2) is 30.7 Å². The van der Waals surface area contributed by atoms with E-state index in [0.29, 0.717) is 19.0 Å². The standard InChI is InChI=1S/C12H14N4O3/c1-19-5-4-16-8-10(7-14-16)15-11-6-9(12(17)18)2-3-13-11/h2-3,6-8H,4-5H2,1H3,(H,13,15)(H,17,18). The highest BCUT2D eigenvalue weighted by Gasteiger charge is 2.05. The molecule has 0 fully saturated rings.